The third-order valence-electron chi connectivity index (χ3n) is 2.48. The summed E-state index contributed by atoms with van der Waals surface area (Å²) in [7, 11) is 0. The number of aromatic hydroxyl groups is 1. The molecule has 0 aliphatic heterocycles. The zero-order chi connectivity index (χ0) is 14.0. The van der Waals surface area contributed by atoms with Gasteiger partial charge in [-0.25, -0.2) is 9.78 Å². The predicted molar refractivity (Wildman–Crippen MR) is 70.0 cm³/mol. The van der Waals surface area contributed by atoms with Crippen molar-refractivity contribution in [3.05, 3.63) is 27.1 Å². The van der Waals surface area contributed by atoms with Gasteiger partial charge in [0.2, 0.25) is 5.75 Å². The Morgan fingerprint density at radius 1 is 1.58 bits per heavy atom. The summed E-state index contributed by atoms with van der Waals surface area (Å²) in [5.74, 6) is -2.26. The Bertz CT molecular complexity index is 676. The maximum atomic E-state index is 11.8. The Morgan fingerprint density at radius 2 is 2.32 bits per heavy atom. The number of nitrogens with zero attached hydrogens (tertiary/aromatic N) is 2. The Balaban J connectivity index is 2.45. The van der Waals surface area contributed by atoms with Crippen LogP contribution in [-0.4, -0.2) is 32.1 Å². The first-order valence-electron chi connectivity index (χ1n) is 5.72. The minimum atomic E-state index is -1.42. The smallest absolute Gasteiger partial charge is 0.358 e. The molecule has 19 heavy (non-hydrogen) atoms. The minimum Gasteiger partial charge on any atom is -0.501 e. The highest BCUT2D eigenvalue weighted by molar-refractivity contribution is 7.17. The van der Waals surface area contributed by atoms with E-state index in [9.17, 15) is 14.7 Å². The molecule has 3 N–H and O–H groups in total. The summed E-state index contributed by atoms with van der Waals surface area (Å²) in [6.45, 7) is 3.47. The third kappa shape index (κ3) is 2.59. The molecule has 2 aromatic rings. The number of aromatic carboxylic acids is 1. The van der Waals surface area contributed by atoms with Crippen LogP contribution in [0, 0.1) is 0 Å². The quantitative estimate of drug-likeness (QED) is 0.696. The largest absolute Gasteiger partial charge is 0.501 e. The molecule has 2 aromatic heterocycles. The molecule has 0 bridgehead atoms. The molecule has 0 saturated heterocycles. The van der Waals surface area contributed by atoms with Crippen molar-refractivity contribution in [3.63, 3.8) is 0 Å². The highest BCUT2D eigenvalue weighted by Crippen LogP contribution is 2.18. The van der Waals surface area contributed by atoms with E-state index in [0.29, 0.717) is 6.54 Å². The normalized spacial score (nSPS) is 11.0. The molecule has 2 heterocycles. The van der Waals surface area contributed by atoms with Gasteiger partial charge in [0.15, 0.2) is 10.7 Å². The number of hydrogen-bond donors (Lipinski definition) is 3. The molecule has 102 valence electrons. The second-order valence-corrected chi connectivity index (χ2v) is 5.04. The molecule has 0 aromatic carbocycles. The third-order valence-corrected chi connectivity index (χ3v) is 3.47. The maximum Gasteiger partial charge on any atom is 0.358 e. The van der Waals surface area contributed by atoms with E-state index in [-0.39, 0.29) is 4.96 Å². The number of rotatable bonds is 5. The molecule has 0 aliphatic carbocycles. The summed E-state index contributed by atoms with van der Waals surface area (Å²) in [4.78, 5) is 27.5. The Morgan fingerprint density at radius 3 is 2.95 bits per heavy atom. The van der Waals surface area contributed by atoms with Crippen molar-refractivity contribution < 1.29 is 15.0 Å². The van der Waals surface area contributed by atoms with Crippen LogP contribution >= 0.6 is 11.3 Å². The highest BCUT2D eigenvalue weighted by atomic mass is 32.1. The minimum absolute atomic E-state index is 0.258. The van der Waals surface area contributed by atoms with Gasteiger partial charge in [0.1, 0.15) is 0 Å². The molecule has 0 unspecified atom stereocenters. The van der Waals surface area contributed by atoms with E-state index in [1.54, 1.807) is 6.20 Å². The van der Waals surface area contributed by atoms with Crippen LogP contribution in [-0.2, 0) is 6.54 Å². The van der Waals surface area contributed by atoms with Crippen LogP contribution in [0.15, 0.2) is 11.0 Å². The molecule has 7 nitrogen and oxygen atoms in total. The number of carboxylic acids is 1. The Labute approximate surface area is 112 Å². The van der Waals surface area contributed by atoms with Gasteiger partial charge in [-0.05, 0) is 13.0 Å². The molecule has 8 heteroatoms. The van der Waals surface area contributed by atoms with Gasteiger partial charge in [-0.2, -0.15) is 0 Å². The van der Waals surface area contributed by atoms with E-state index < -0.39 is 23.0 Å². The van der Waals surface area contributed by atoms with Crippen molar-refractivity contribution in [2.75, 3.05) is 6.54 Å². The van der Waals surface area contributed by atoms with Crippen LogP contribution in [0.1, 0.15) is 28.7 Å². The van der Waals surface area contributed by atoms with Crippen LogP contribution in [0.4, 0.5) is 0 Å². The van der Waals surface area contributed by atoms with Gasteiger partial charge in [0.05, 0.1) is 0 Å². The standard InChI is InChI=1S/C11H13N3O4S/c1-2-3-12-4-6-5-14-9(16)8(15)7(10(17)18)13-11(14)19-6/h5,12,15H,2-4H2,1H3,(H,17,18). The number of aromatic nitrogens is 2. The summed E-state index contributed by atoms with van der Waals surface area (Å²) in [6, 6.07) is 0. The zero-order valence-electron chi connectivity index (χ0n) is 10.2. The highest BCUT2D eigenvalue weighted by Gasteiger charge is 2.18. The molecule has 0 amide bonds. The monoisotopic (exact) mass is 283 g/mol. The lowest BCUT2D eigenvalue weighted by molar-refractivity contribution is 0.0687. The lowest BCUT2D eigenvalue weighted by Gasteiger charge is -1.98. The van der Waals surface area contributed by atoms with E-state index in [4.69, 9.17) is 5.11 Å². The lowest BCUT2D eigenvalue weighted by Crippen LogP contribution is -2.17. The first-order chi connectivity index (χ1) is 9.04. The average molecular weight is 283 g/mol. The predicted octanol–water partition coefficient (Wildman–Crippen LogP) is 0.659. The number of hydrogen-bond acceptors (Lipinski definition) is 6. The van der Waals surface area contributed by atoms with Gasteiger partial charge in [0, 0.05) is 17.6 Å². The van der Waals surface area contributed by atoms with E-state index >= 15 is 0 Å². The van der Waals surface area contributed by atoms with Crippen molar-refractivity contribution in [1.29, 1.82) is 0 Å². The number of thiazole rings is 1. The summed E-state index contributed by atoms with van der Waals surface area (Å²) >= 11 is 1.22. The fraction of sp³-hybridized carbons (Fsp3) is 0.364. The zero-order valence-corrected chi connectivity index (χ0v) is 11.0. The average Bonchev–Trinajstić information content (AvgIpc) is 2.77. The van der Waals surface area contributed by atoms with E-state index in [1.807, 2.05) is 6.92 Å². The molecular formula is C11H13N3O4S. The number of fused-ring (bicyclic) bond motifs is 1. The Kier molecular flexibility index (Phi) is 3.82. The molecule has 0 atom stereocenters. The molecule has 0 radical (unpaired) electrons. The van der Waals surface area contributed by atoms with Crippen LogP contribution in [0.2, 0.25) is 0 Å². The summed E-state index contributed by atoms with van der Waals surface area (Å²) < 4.78 is 1.16. The second-order valence-electron chi connectivity index (χ2n) is 3.95. The van der Waals surface area contributed by atoms with Crippen molar-refractivity contribution in [2.24, 2.45) is 0 Å². The fourth-order valence-electron chi connectivity index (χ4n) is 1.60. The summed E-state index contributed by atoms with van der Waals surface area (Å²) in [5.41, 5.74) is -1.37. The van der Waals surface area contributed by atoms with Crippen LogP contribution < -0.4 is 10.9 Å². The first-order valence-corrected chi connectivity index (χ1v) is 6.54. The molecule has 0 spiro atoms. The molecule has 0 fully saturated rings. The van der Waals surface area contributed by atoms with Crippen molar-refractivity contribution in [2.45, 2.75) is 19.9 Å². The van der Waals surface area contributed by atoms with Gasteiger partial charge < -0.3 is 15.5 Å². The van der Waals surface area contributed by atoms with Crippen molar-refractivity contribution in [1.82, 2.24) is 14.7 Å². The number of carbonyl (C=O) groups is 1. The van der Waals surface area contributed by atoms with Gasteiger partial charge in [-0.3, -0.25) is 9.20 Å². The van der Waals surface area contributed by atoms with Crippen LogP contribution in [0.3, 0.4) is 0 Å². The fourth-order valence-corrected chi connectivity index (χ4v) is 2.54. The SMILES string of the molecule is CCCNCc1cn2c(=O)c(O)c(C(=O)O)nc2s1. The first kappa shape index (κ1) is 13.5. The second kappa shape index (κ2) is 5.37. The van der Waals surface area contributed by atoms with Gasteiger partial charge >= 0.3 is 11.5 Å². The molecular weight excluding hydrogens is 270 g/mol. The van der Waals surface area contributed by atoms with Crippen molar-refractivity contribution >= 4 is 22.3 Å². The van der Waals surface area contributed by atoms with Crippen LogP contribution in [0.25, 0.3) is 4.96 Å². The molecule has 0 aliphatic rings. The van der Waals surface area contributed by atoms with E-state index in [2.05, 4.69) is 10.3 Å². The topological polar surface area (TPSA) is 104 Å². The van der Waals surface area contributed by atoms with E-state index in [0.717, 1.165) is 22.2 Å². The summed E-state index contributed by atoms with van der Waals surface area (Å²) in [5, 5.41) is 21.5. The number of nitrogens with one attached hydrogen (secondary N) is 1. The Hall–Kier alpha value is -1.93. The van der Waals surface area contributed by atoms with Gasteiger partial charge in [-0.1, -0.05) is 18.3 Å². The van der Waals surface area contributed by atoms with Gasteiger partial charge in [0.25, 0.3) is 0 Å². The lowest BCUT2D eigenvalue weighted by atomic mass is 10.4. The summed E-state index contributed by atoms with van der Waals surface area (Å²) in [6.07, 6.45) is 2.55. The van der Waals surface area contributed by atoms with Crippen molar-refractivity contribution in [3.8, 4) is 5.75 Å². The number of carboxylic acid groups (broad SMARTS) is 1. The maximum absolute atomic E-state index is 11.8. The van der Waals surface area contributed by atoms with E-state index in [1.165, 1.54) is 11.3 Å². The molecule has 2 rings (SSSR count). The van der Waals surface area contributed by atoms with Crippen LogP contribution in [0.5, 0.6) is 5.75 Å². The van der Waals surface area contributed by atoms with Gasteiger partial charge in [-0.15, -0.1) is 0 Å². The molecule has 0 saturated carbocycles.